The van der Waals surface area contributed by atoms with E-state index in [9.17, 15) is 14.7 Å². The van der Waals surface area contributed by atoms with Crippen LogP contribution in [0.1, 0.15) is 53.7 Å². The lowest BCUT2D eigenvalue weighted by Gasteiger charge is -2.26. The summed E-state index contributed by atoms with van der Waals surface area (Å²) in [6.07, 6.45) is 0. The third-order valence-corrected chi connectivity index (χ3v) is 5.75. The van der Waals surface area contributed by atoms with Crippen LogP contribution in [0, 0.1) is 5.92 Å². The molecular formula is C22H26O4Si. The van der Waals surface area contributed by atoms with Crippen molar-refractivity contribution in [2.45, 2.75) is 45.2 Å². The second kappa shape index (κ2) is 6.96. The van der Waals surface area contributed by atoms with Crippen molar-refractivity contribution < 1.29 is 19.1 Å². The van der Waals surface area contributed by atoms with Gasteiger partial charge in [0.2, 0.25) is 9.04 Å². The van der Waals surface area contributed by atoms with Gasteiger partial charge in [-0.2, -0.15) is 0 Å². The van der Waals surface area contributed by atoms with Crippen molar-refractivity contribution in [3.63, 3.8) is 0 Å². The predicted octanol–water partition coefficient (Wildman–Crippen LogP) is 4.38. The van der Waals surface area contributed by atoms with E-state index in [-0.39, 0.29) is 11.2 Å². The molecule has 0 fully saturated rings. The predicted molar refractivity (Wildman–Crippen MR) is 108 cm³/mol. The van der Waals surface area contributed by atoms with E-state index < -0.39 is 26.8 Å². The fourth-order valence-electron chi connectivity index (χ4n) is 3.71. The van der Waals surface area contributed by atoms with E-state index in [1.54, 1.807) is 12.1 Å². The smallest absolute Gasteiger partial charge is 0.315 e. The van der Waals surface area contributed by atoms with E-state index in [1.807, 2.05) is 30.3 Å². The van der Waals surface area contributed by atoms with E-state index >= 15 is 0 Å². The molecule has 0 aliphatic heterocycles. The molecule has 5 heteroatoms. The van der Waals surface area contributed by atoms with E-state index in [1.165, 1.54) is 0 Å². The number of fused-ring (bicyclic) bond motifs is 1. The largest absolute Gasteiger partial charge is 0.547 e. The quantitative estimate of drug-likeness (QED) is 0.630. The molecule has 2 aromatic rings. The molecule has 3 rings (SSSR count). The van der Waals surface area contributed by atoms with Crippen LogP contribution in [0.5, 0.6) is 5.75 Å². The minimum atomic E-state index is -1.42. The number of hydrogen-bond donors (Lipinski definition) is 1. The number of Topliss-reactive ketones (excluding diaryl/α,β-unsaturated/α-hetero) is 1. The van der Waals surface area contributed by atoms with Crippen molar-refractivity contribution in [3.05, 3.63) is 64.7 Å². The first-order valence-corrected chi connectivity index (χ1v) is 12.1. The summed E-state index contributed by atoms with van der Waals surface area (Å²) in [5.74, 6) is -2.34. The number of hydrogen-bond acceptors (Lipinski definition) is 3. The number of carbonyl (C=O) groups excluding carboxylic acids is 1. The lowest BCUT2D eigenvalue weighted by molar-refractivity contribution is -0.140. The third-order valence-electron chi connectivity index (χ3n) is 5.02. The number of ketones is 1. The molecule has 2 unspecified atom stereocenters. The van der Waals surface area contributed by atoms with Crippen molar-refractivity contribution in [1.29, 1.82) is 0 Å². The van der Waals surface area contributed by atoms with Crippen LogP contribution >= 0.6 is 0 Å². The first-order chi connectivity index (χ1) is 12.6. The van der Waals surface area contributed by atoms with Gasteiger partial charge in [-0.1, -0.05) is 57.2 Å². The molecular weight excluding hydrogens is 356 g/mol. The van der Waals surface area contributed by atoms with E-state index in [4.69, 9.17) is 4.43 Å². The summed E-state index contributed by atoms with van der Waals surface area (Å²) < 4.78 is 6.21. The molecule has 1 N–H and O–H groups in total. The third kappa shape index (κ3) is 3.56. The van der Waals surface area contributed by atoms with Crippen LogP contribution < -0.4 is 4.43 Å². The standard InChI is InChI=1S/C22H26O4Si/c1-22(2,3)13-10-11-16(17(12-13)26-27(4)5)18-14-8-6-7-9-15(14)20(23)19(18)21(24)25/h6-12,18-19,27H,1-5H3,(H,24,25). The molecule has 0 heterocycles. The first-order valence-electron chi connectivity index (χ1n) is 9.28. The molecule has 2 aromatic carbocycles. The van der Waals surface area contributed by atoms with Gasteiger partial charge in [0.1, 0.15) is 11.7 Å². The number of carboxylic acid groups (broad SMARTS) is 1. The zero-order chi connectivity index (χ0) is 19.9. The second-order valence-corrected chi connectivity index (χ2v) is 10.7. The molecule has 2 atom stereocenters. The maximum Gasteiger partial charge on any atom is 0.315 e. The van der Waals surface area contributed by atoms with E-state index in [2.05, 4.69) is 33.9 Å². The fourth-order valence-corrected chi connectivity index (χ4v) is 4.42. The summed E-state index contributed by atoms with van der Waals surface area (Å²) >= 11 is 0. The van der Waals surface area contributed by atoms with Crippen molar-refractivity contribution in [3.8, 4) is 5.75 Å². The number of carboxylic acids is 1. The Hall–Kier alpha value is -2.40. The molecule has 0 radical (unpaired) electrons. The molecule has 0 amide bonds. The second-order valence-electron chi connectivity index (χ2n) is 8.41. The van der Waals surface area contributed by atoms with Crippen LogP contribution in [0.25, 0.3) is 0 Å². The molecule has 0 saturated carbocycles. The summed E-state index contributed by atoms with van der Waals surface area (Å²) in [6.45, 7) is 10.6. The zero-order valence-corrected chi connectivity index (χ0v) is 17.6. The summed E-state index contributed by atoms with van der Waals surface area (Å²) in [6, 6.07) is 13.2. The highest BCUT2D eigenvalue weighted by Gasteiger charge is 2.46. The van der Waals surface area contributed by atoms with Gasteiger partial charge in [0, 0.05) is 17.0 Å². The first kappa shape index (κ1) is 19.4. The number of carbonyl (C=O) groups is 2. The van der Waals surface area contributed by atoms with Crippen LogP contribution in [0.4, 0.5) is 0 Å². The van der Waals surface area contributed by atoms with Gasteiger partial charge < -0.3 is 9.53 Å². The highest BCUT2D eigenvalue weighted by Crippen LogP contribution is 2.46. The lowest BCUT2D eigenvalue weighted by Crippen LogP contribution is -2.25. The lowest BCUT2D eigenvalue weighted by atomic mass is 9.81. The summed E-state index contributed by atoms with van der Waals surface area (Å²) in [5, 5.41) is 9.79. The van der Waals surface area contributed by atoms with Crippen LogP contribution in [0.2, 0.25) is 13.1 Å². The Balaban J connectivity index is 2.21. The van der Waals surface area contributed by atoms with Gasteiger partial charge in [0.05, 0.1) is 0 Å². The average Bonchev–Trinajstić information content (AvgIpc) is 2.87. The van der Waals surface area contributed by atoms with Gasteiger partial charge >= 0.3 is 5.97 Å². The Bertz CT molecular complexity index is 895. The Morgan fingerprint density at radius 1 is 1.07 bits per heavy atom. The normalized spacial score (nSPS) is 19.3. The molecule has 27 heavy (non-hydrogen) atoms. The number of rotatable bonds is 4. The highest BCUT2D eigenvalue weighted by atomic mass is 28.3. The van der Waals surface area contributed by atoms with Gasteiger partial charge in [-0.25, -0.2) is 0 Å². The Morgan fingerprint density at radius 2 is 1.74 bits per heavy atom. The maximum absolute atomic E-state index is 12.8. The molecule has 4 nitrogen and oxygen atoms in total. The fraction of sp³-hybridized carbons (Fsp3) is 0.364. The SMILES string of the molecule is C[SiH](C)Oc1cc(C(C)(C)C)ccc1C1c2ccccc2C(=O)C1C(=O)O. The van der Waals surface area contributed by atoms with Crippen LogP contribution in [-0.2, 0) is 10.2 Å². The van der Waals surface area contributed by atoms with Gasteiger partial charge in [0.25, 0.3) is 0 Å². The molecule has 0 saturated heterocycles. The maximum atomic E-state index is 12.8. The molecule has 142 valence electrons. The molecule has 0 spiro atoms. The molecule has 1 aliphatic rings. The van der Waals surface area contributed by atoms with Gasteiger partial charge in [0.15, 0.2) is 5.78 Å². The number of benzene rings is 2. The van der Waals surface area contributed by atoms with Gasteiger partial charge in [-0.05, 0) is 35.7 Å². The number of aliphatic carboxylic acids is 1. The highest BCUT2D eigenvalue weighted by molar-refractivity contribution is 6.49. The van der Waals surface area contributed by atoms with Crippen LogP contribution in [0.3, 0.4) is 0 Å². The van der Waals surface area contributed by atoms with E-state index in [0.29, 0.717) is 11.3 Å². The van der Waals surface area contributed by atoms with Crippen molar-refractivity contribution in [2.24, 2.45) is 5.92 Å². The Morgan fingerprint density at radius 3 is 2.33 bits per heavy atom. The minimum absolute atomic E-state index is 0.0508. The molecule has 0 aromatic heterocycles. The minimum Gasteiger partial charge on any atom is -0.547 e. The molecule has 1 aliphatic carbocycles. The average molecular weight is 383 g/mol. The van der Waals surface area contributed by atoms with Gasteiger partial charge in [-0.3, -0.25) is 9.59 Å². The van der Waals surface area contributed by atoms with E-state index in [0.717, 1.165) is 16.7 Å². The monoisotopic (exact) mass is 382 g/mol. The summed E-state index contributed by atoms with van der Waals surface area (Å²) in [7, 11) is -1.42. The van der Waals surface area contributed by atoms with Crippen molar-refractivity contribution in [2.75, 3.05) is 0 Å². The zero-order valence-electron chi connectivity index (χ0n) is 16.4. The topological polar surface area (TPSA) is 63.6 Å². The van der Waals surface area contributed by atoms with Crippen molar-refractivity contribution in [1.82, 2.24) is 0 Å². The Labute approximate surface area is 161 Å². The van der Waals surface area contributed by atoms with Gasteiger partial charge in [-0.15, -0.1) is 0 Å². The van der Waals surface area contributed by atoms with Crippen molar-refractivity contribution >= 4 is 20.8 Å². The Kier molecular flexibility index (Phi) is 4.99. The summed E-state index contributed by atoms with van der Waals surface area (Å²) in [4.78, 5) is 24.7. The van der Waals surface area contributed by atoms with Crippen LogP contribution in [-0.4, -0.2) is 25.9 Å². The van der Waals surface area contributed by atoms with Crippen LogP contribution in [0.15, 0.2) is 42.5 Å². The summed E-state index contributed by atoms with van der Waals surface area (Å²) in [5.41, 5.74) is 3.14. The molecule has 0 bridgehead atoms.